The highest BCUT2D eigenvalue weighted by Gasteiger charge is 2.20. The Morgan fingerprint density at radius 3 is 3.06 bits per heavy atom. The molecule has 0 aromatic heterocycles. The molecule has 16 heavy (non-hydrogen) atoms. The first-order chi connectivity index (χ1) is 7.68. The molecule has 0 bridgehead atoms. The van der Waals surface area contributed by atoms with Crippen LogP contribution in [-0.2, 0) is 6.42 Å². The second kappa shape index (κ2) is 4.91. The Balaban J connectivity index is 2.15. The minimum atomic E-state index is 0.178. The number of para-hydroxylation sites is 1. The SMILES string of the molecule is CC(C)SCC(=O)c1cccc2c1OCC2. The number of thioether (sulfide) groups is 1. The van der Waals surface area contributed by atoms with Crippen molar-refractivity contribution < 1.29 is 9.53 Å². The summed E-state index contributed by atoms with van der Waals surface area (Å²) in [6, 6.07) is 5.85. The number of hydrogen-bond acceptors (Lipinski definition) is 3. The molecule has 3 heteroatoms. The van der Waals surface area contributed by atoms with Crippen molar-refractivity contribution >= 4 is 17.5 Å². The maximum Gasteiger partial charge on any atom is 0.176 e. The maximum absolute atomic E-state index is 12.0. The molecule has 2 rings (SSSR count). The average Bonchev–Trinajstić information content (AvgIpc) is 2.73. The lowest BCUT2D eigenvalue weighted by atomic mass is 10.1. The highest BCUT2D eigenvalue weighted by atomic mass is 32.2. The summed E-state index contributed by atoms with van der Waals surface area (Å²) in [5.74, 6) is 1.53. The first kappa shape index (κ1) is 11.5. The maximum atomic E-state index is 12.0. The number of carbonyl (C=O) groups excluding carboxylic acids is 1. The lowest BCUT2D eigenvalue weighted by Crippen LogP contribution is -2.06. The summed E-state index contributed by atoms with van der Waals surface area (Å²) < 4.78 is 5.53. The molecule has 1 aliphatic heterocycles. The van der Waals surface area contributed by atoms with E-state index >= 15 is 0 Å². The summed E-state index contributed by atoms with van der Waals surface area (Å²) in [4.78, 5) is 12.0. The van der Waals surface area contributed by atoms with Gasteiger partial charge >= 0.3 is 0 Å². The van der Waals surface area contributed by atoms with Crippen molar-refractivity contribution in [2.24, 2.45) is 0 Å². The normalized spacial score (nSPS) is 13.7. The third-order valence-electron chi connectivity index (χ3n) is 2.56. The third kappa shape index (κ3) is 2.40. The fraction of sp³-hybridized carbons (Fsp3) is 0.462. The molecular formula is C13H16O2S. The van der Waals surface area contributed by atoms with Crippen LogP contribution in [0.3, 0.4) is 0 Å². The van der Waals surface area contributed by atoms with Gasteiger partial charge in [0.15, 0.2) is 5.78 Å². The first-order valence-electron chi connectivity index (χ1n) is 5.58. The van der Waals surface area contributed by atoms with Crippen LogP contribution in [0.15, 0.2) is 18.2 Å². The highest BCUT2D eigenvalue weighted by Crippen LogP contribution is 2.30. The molecule has 2 nitrogen and oxygen atoms in total. The summed E-state index contributed by atoms with van der Waals surface area (Å²) >= 11 is 1.67. The van der Waals surface area contributed by atoms with Crippen LogP contribution >= 0.6 is 11.8 Å². The van der Waals surface area contributed by atoms with Crippen LogP contribution < -0.4 is 4.74 Å². The van der Waals surface area contributed by atoms with Crippen molar-refractivity contribution in [3.63, 3.8) is 0 Å². The predicted octanol–water partition coefficient (Wildman–Crippen LogP) is 2.95. The highest BCUT2D eigenvalue weighted by molar-refractivity contribution is 8.00. The third-order valence-corrected chi connectivity index (χ3v) is 3.66. The monoisotopic (exact) mass is 236 g/mol. The number of ether oxygens (including phenoxy) is 1. The number of rotatable bonds is 4. The lowest BCUT2D eigenvalue weighted by molar-refractivity contribution is 0.101. The van der Waals surface area contributed by atoms with Crippen LogP contribution in [0.5, 0.6) is 5.75 Å². The zero-order chi connectivity index (χ0) is 11.5. The summed E-state index contributed by atoms with van der Waals surface area (Å²) in [6.45, 7) is 4.91. The number of carbonyl (C=O) groups is 1. The van der Waals surface area contributed by atoms with Crippen LogP contribution in [0.4, 0.5) is 0 Å². The molecule has 86 valence electrons. The molecule has 0 aliphatic carbocycles. The Morgan fingerprint density at radius 2 is 2.31 bits per heavy atom. The van der Waals surface area contributed by atoms with Crippen molar-refractivity contribution in [3.05, 3.63) is 29.3 Å². The second-order valence-corrected chi connectivity index (χ2v) is 5.74. The van der Waals surface area contributed by atoms with E-state index in [0.29, 0.717) is 17.6 Å². The van der Waals surface area contributed by atoms with Crippen LogP contribution in [0.1, 0.15) is 29.8 Å². The number of hydrogen-bond donors (Lipinski definition) is 0. The van der Waals surface area contributed by atoms with Gasteiger partial charge in [0.1, 0.15) is 5.75 Å². The largest absolute Gasteiger partial charge is 0.492 e. The Kier molecular flexibility index (Phi) is 3.54. The minimum Gasteiger partial charge on any atom is -0.492 e. The fourth-order valence-electron chi connectivity index (χ4n) is 1.75. The smallest absolute Gasteiger partial charge is 0.176 e. The zero-order valence-electron chi connectivity index (χ0n) is 9.66. The number of benzene rings is 1. The number of ketones is 1. The van der Waals surface area contributed by atoms with Gasteiger partial charge in [-0.1, -0.05) is 26.0 Å². The molecule has 1 heterocycles. The Morgan fingerprint density at radius 1 is 1.50 bits per heavy atom. The van der Waals surface area contributed by atoms with E-state index in [2.05, 4.69) is 13.8 Å². The zero-order valence-corrected chi connectivity index (χ0v) is 10.5. The van der Waals surface area contributed by atoms with Gasteiger partial charge in [0.25, 0.3) is 0 Å². The molecule has 1 aromatic rings. The molecule has 0 fully saturated rings. The van der Waals surface area contributed by atoms with E-state index in [1.807, 2.05) is 18.2 Å². The quantitative estimate of drug-likeness (QED) is 0.752. The molecule has 0 unspecified atom stereocenters. The van der Waals surface area contributed by atoms with E-state index < -0.39 is 0 Å². The van der Waals surface area contributed by atoms with Gasteiger partial charge in [-0.3, -0.25) is 4.79 Å². The van der Waals surface area contributed by atoms with Crippen LogP contribution in [0.25, 0.3) is 0 Å². The molecule has 1 aliphatic rings. The fourth-order valence-corrected chi connectivity index (χ4v) is 2.40. The molecule has 0 saturated heterocycles. The molecule has 0 N–H and O–H groups in total. The molecule has 0 saturated carbocycles. The minimum absolute atomic E-state index is 0.178. The van der Waals surface area contributed by atoms with Gasteiger partial charge < -0.3 is 4.74 Å². The van der Waals surface area contributed by atoms with Gasteiger partial charge in [-0.15, -0.1) is 0 Å². The number of fused-ring (bicyclic) bond motifs is 1. The lowest BCUT2D eigenvalue weighted by Gasteiger charge is -2.08. The van der Waals surface area contributed by atoms with E-state index in [-0.39, 0.29) is 5.78 Å². The summed E-state index contributed by atoms with van der Waals surface area (Å²) in [7, 11) is 0. The van der Waals surface area contributed by atoms with Gasteiger partial charge in [0, 0.05) is 6.42 Å². The van der Waals surface area contributed by atoms with Gasteiger partial charge in [-0.25, -0.2) is 0 Å². The predicted molar refractivity (Wildman–Crippen MR) is 67.6 cm³/mol. The molecule has 0 amide bonds. The van der Waals surface area contributed by atoms with Crippen LogP contribution in [0, 0.1) is 0 Å². The van der Waals surface area contributed by atoms with Gasteiger partial charge in [0.05, 0.1) is 17.9 Å². The molecule has 0 atom stereocenters. The van der Waals surface area contributed by atoms with Gasteiger partial charge in [-0.05, 0) is 16.9 Å². The van der Waals surface area contributed by atoms with Gasteiger partial charge in [0.2, 0.25) is 0 Å². The molecule has 0 spiro atoms. The van der Waals surface area contributed by atoms with Crippen molar-refractivity contribution in [1.29, 1.82) is 0 Å². The van der Waals surface area contributed by atoms with Crippen LogP contribution in [0.2, 0.25) is 0 Å². The number of Topliss-reactive ketones (excluding diaryl/α,β-unsaturated/α-hetero) is 1. The van der Waals surface area contributed by atoms with E-state index in [1.165, 1.54) is 5.56 Å². The standard InChI is InChI=1S/C13H16O2S/c1-9(2)16-8-12(14)11-5-3-4-10-6-7-15-13(10)11/h3-5,9H,6-8H2,1-2H3. The van der Waals surface area contributed by atoms with E-state index in [9.17, 15) is 4.79 Å². The topological polar surface area (TPSA) is 26.3 Å². The summed E-state index contributed by atoms with van der Waals surface area (Å²) in [5, 5.41) is 0.488. The second-order valence-electron chi connectivity index (χ2n) is 4.18. The van der Waals surface area contributed by atoms with Crippen molar-refractivity contribution in [3.8, 4) is 5.75 Å². The average molecular weight is 236 g/mol. The molecule has 1 aromatic carbocycles. The van der Waals surface area contributed by atoms with Crippen molar-refractivity contribution in [2.75, 3.05) is 12.4 Å². The Labute approximate surface area is 100 Å². The van der Waals surface area contributed by atoms with E-state index in [4.69, 9.17) is 4.74 Å². The van der Waals surface area contributed by atoms with E-state index in [1.54, 1.807) is 11.8 Å². The van der Waals surface area contributed by atoms with E-state index in [0.717, 1.165) is 17.7 Å². The van der Waals surface area contributed by atoms with Gasteiger partial charge in [-0.2, -0.15) is 11.8 Å². The molecular weight excluding hydrogens is 220 g/mol. The summed E-state index contributed by atoms with van der Waals surface area (Å²) in [6.07, 6.45) is 0.924. The first-order valence-corrected chi connectivity index (χ1v) is 6.63. The summed E-state index contributed by atoms with van der Waals surface area (Å²) in [5.41, 5.74) is 1.92. The van der Waals surface area contributed by atoms with Crippen molar-refractivity contribution in [1.82, 2.24) is 0 Å². The Hall–Kier alpha value is -0.960. The molecule has 0 radical (unpaired) electrons. The van der Waals surface area contributed by atoms with Crippen LogP contribution in [-0.4, -0.2) is 23.4 Å². The Bertz CT molecular complexity index is 399. The van der Waals surface area contributed by atoms with Crippen molar-refractivity contribution in [2.45, 2.75) is 25.5 Å².